The number of rotatable bonds is 5. The quantitative estimate of drug-likeness (QED) is 0.640. The summed E-state index contributed by atoms with van der Waals surface area (Å²) in [5, 5.41) is 4.33. The zero-order chi connectivity index (χ0) is 18.1. The summed E-state index contributed by atoms with van der Waals surface area (Å²) in [5.41, 5.74) is 1.26. The monoisotopic (exact) mass is 379 g/mol. The second kappa shape index (κ2) is 7.50. The van der Waals surface area contributed by atoms with Gasteiger partial charge in [0.15, 0.2) is 5.16 Å². The number of amides is 1. The van der Waals surface area contributed by atoms with Crippen LogP contribution in [0.1, 0.15) is 44.6 Å². The topological polar surface area (TPSA) is 64.0 Å². The number of thioether (sulfide) groups is 1. The van der Waals surface area contributed by atoms with E-state index in [1.165, 1.54) is 22.2 Å². The first-order valence-electron chi connectivity index (χ1n) is 8.87. The van der Waals surface area contributed by atoms with Crippen molar-refractivity contribution in [2.75, 3.05) is 5.75 Å². The van der Waals surface area contributed by atoms with Crippen LogP contribution in [0.15, 0.2) is 9.95 Å². The molecule has 5 nitrogen and oxygen atoms in total. The van der Waals surface area contributed by atoms with Gasteiger partial charge in [0.25, 0.3) is 5.56 Å². The first-order valence-corrected chi connectivity index (χ1v) is 10.7. The van der Waals surface area contributed by atoms with Crippen LogP contribution in [0.5, 0.6) is 0 Å². The van der Waals surface area contributed by atoms with Crippen LogP contribution in [0.25, 0.3) is 10.2 Å². The lowest BCUT2D eigenvalue weighted by Gasteiger charge is -2.17. The van der Waals surface area contributed by atoms with Crippen molar-refractivity contribution >= 4 is 39.2 Å². The number of nitrogens with one attached hydrogen (secondary N) is 1. The van der Waals surface area contributed by atoms with Crippen molar-refractivity contribution in [2.45, 2.75) is 64.7 Å². The number of aryl methyl sites for hydroxylation is 1. The Morgan fingerprint density at radius 3 is 2.92 bits per heavy atom. The maximum absolute atomic E-state index is 13.0. The molecule has 0 saturated carbocycles. The van der Waals surface area contributed by atoms with Crippen LogP contribution < -0.4 is 10.9 Å². The molecule has 1 amide bonds. The van der Waals surface area contributed by atoms with Crippen LogP contribution in [-0.4, -0.2) is 27.3 Å². The maximum atomic E-state index is 13.0. The molecule has 0 unspecified atom stereocenters. The van der Waals surface area contributed by atoms with Crippen molar-refractivity contribution in [1.29, 1.82) is 0 Å². The predicted molar refractivity (Wildman–Crippen MR) is 105 cm³/mol. The summed E-state index contributed by atoms with van der Waals surface area (Å²) < 4.78 is 1.71. The molecule has 0 aromatic carbocycles. The highest BCUT2D eigenvalue weighted by Crippen LogP contribution is 2.36. The van der Waals surface area contributed by atoms with Crippen LogP contribution in [0.2, 0.25) is 0 Å². The first kappa shape index (κ1) is 18.5. The summed E-state index contributed by atoms with van der Waals surface area (Å²) in [4.78, 5) is 31.9. The lowest BCUT2D eigenvalue weighted by molar-refractivity contribution is -0.119. The van der Waals surface area contributed by atoms with Crippen molar-refractivity contribution in [3.05, 3.63) is 20.8 Å². The number of hydrogen-bond donors (Lipinski definition) is 1. The fraction of sp³-hybridized carbons (Fsp3) is 0.611. The van der Waals surface area contributed by atoms with E-state index in [1.54, 1.807) is 15.9 Å². The van der Waals surface area contributed by atoms with Crippen LogP contribution in [0, 0.1) is 5.92 Å². The third-order valence-corrected chi connectivity index (χ3v) is 6.60. The second-order valence-corrected chi connectivity index (χ2v) is 9.01. The molecule has 136 valence electrons. The Morgan fingerprint density at radius 2 is 2.24 bits per heavy atom. The molecule has 2 heterocycles. The SMILES string of the molecule is CCn1c(SCC(=O)NC(C)C)nc2sc3c(c2c1=O)CC[C@@H](C)C3. The Balaban J connectivity index is 1.97. The van der Waals surface area contributed by atoms with Gasteiger partial charge in [-0.2, -0.15) is 0 Å². The largest absolute Gasteiger partial charge is 0.353 e. The van der Waals surface area contributed by atoms with E-state index in [-0.39, 0.29) is 23.3 Å². The summed E-state index contributed by atoms with van der Waals surface area (Å²) in [6.07, 6.45) is 3.15. The van der Waals surface area contributed by atoms with Gasteiger partial charge in [-0.3, -0.25) is 14.2 Å². The molecule has 0 bridgehead atoms. The molecular formula is C18H25N3O2S2. The molecule has 1 aliphatic rings. The Hall–Kier alpha value is -1.34. The number of carbonyl (C=O) groups is 1. The van der Waals surface area contributed by atoms with E-state index in [0.29, 0.717) is 17.6 Å². The molecule has 3 rings (SSSR count). The van der Waals surface area contributed by atoms with Crippen LogP contribution in [-0.2, 0) is 24.2 Å². The molecule has 1 aliphatic carbocycles. The Morgan fingerprint density at radius 1 is 1.48 bits per heavy atom. The molecule has 1 N–H and O–H groups in total. The summed E-state index contributed by atoms with van der Waals surface area (Å²) in [7, 11) is 0. The van der Waals surface area contributed by atoms with Crippen molar-refractivity contribution < 1.29 is 4.79 Å². The Kier molecular flexibility index (Phi) is 5.53. The van der Waals surface area contributed by atoms with E-state index in [1.807, 2.05) is 20.8 Å². The second-order valence-electron chi connectivity index (χ2n) is 6.99. The summed E-state index contributed by atoms with van der Waals surface area (Å²) in [6.45, 7) is 8.66. The van der Waals surface area contributed by atoms with Gasteiger partial charge in [0, 0.05) is 17.5 Å². The highest BCUT2D eigenvalue weighted by molar-refractivity contribution is 7.99. The highest BCUT2D eigenvalue weighted by atomic mass is 32.2. The molecule has 7 heteroatoms. The predicted octanol–water partition coefficient (Wildman–Crippen LogP) is 3.22. The minimum absolute atomic E-state index is 0.0312. The lowest BCUT2D eigenvalue weighted by Crippen LogP contribution is -2.32. The molecule has 2 aromatic heterocycles. The third kappa shape index (κ3) is 3.77. The average molecular weight is 380 g/mol. The molecule has 0 fully saturated rings. The number of nitrogens with zero attached hydrogens (tertiary/aromatic N) is 2. The fourth-order valence-corrected chi connectivity index (χ4v) is 5.59. The minimum Gasteiger partial charge on any atom is -0.353 e. The van der Waals surface area contributed by atoms with Gasteiger partial charge in [-0.25, -0.2) is 4.98 Å². The van der Waals surface area contributed by atoms with E-state index >= 15 is 0 Å². The van der Waals surface area contributed by atoms with Gasteiger partial charge >= 0.3 is 0 Å². The zero-order valence-corrected chi connectivity index (χ0v) is 16.9. The van der Waals surface area contributed by atoms with Crippen molar-refractivity contribution in [3.63, 3.8) is 0 Å². The number of fused-ring (bicyclic) bond motifs is 3. The third-order valence-electron chi connectivity index (χ3n) is 4.48. The normalized spacial score (nSPS) is 17.1. The van der Waals surface area contributed by atoms with Gasteiger partial charge < -0.3 is 5.32 Å². The summed E-state index contributed by atoms with van der Waals surface area (Å²) in [6, 6.07) is 0.114. The molecule has 1 atom stereocenters. The number of thiophene rings is 1. The highest BCUT2D eigenvalue weighted by Gasteiger charge is 2.24. The fourth-order valence-electron chi connectivity index (χ4n) is 3.29. The first-order chi connectivity index (χ1) is 11.9. The summed E-state index contributed by atoms with van der Waals surface area (Å²) >= 11 is 3.00. The lowest BCUT2D eigenvalue weighted by atomic mass is 9.89. The molecule has 0 spiro atoms. The van der Waals surface area contributed by atoms with Gasteiger partial charge in [-0.1, -0.05) is 18.7 Å². The number of aromatic nitrogens is 2. The van der Waals surface area contributed by atoms with Crippen molar-refractivity contribution in [3.8, 4) is 0 Å². The summed E-state index contributed by atoms with van der Waals surface area (Å²) in [5.74, 6) is 0.914. The molecule has 0 saturated heterocycles. The number of carbonyl (C=O) groups excluding carboxylic acids is 1. The molecule has 0 aliphatic heterocycles. The van der Waals surface area contributed by atoms with E-state index in [2.05, 4.69) is 12.2 Å². The van der Waals surface area contributed by atoms with Gasteiger partial charge in [0.2, 0.25) is 5.91 Å². The smallest absolute Gasteiger partial charge is 0.263 e. The Bertz CT molecular complexity index is 854. The maximum Gasteiger partial charge on any atom is 0.263 e. The van der Waals surface area contributed by atoms with Gasteiger partial charge in [0.05, 0.1) is 11.1 Å². The molecule has 0 radical (unpaired) electrons. The van der Waals surface area contributed by atoms with Crippen LogP contribution >= 0.6 is 23.1 Å². The van der Waals surface area contributed by atoms with Crippen LogP contribution in [0.3, 0.4) is 0 Å². The number of hydrogen-bond acceptors (Lipinski definition) is 5. The van der Waals surface area contributed by atoms with Crippen molar-refractivity contribution in [1.82, 2.24) is 14.9 Å². The van der Waals surface area contributed by atoms with E-state index in [0.717, 1.165) is 29.5 Å². The average Bonchev–Trinajstić information content (AvgIpc) is 2.89. The minimum atomic E-state index is -0.0312. The van der Waals surface area contributed by atoms with E-state index in [4.69, 9.17) is 4.98 Å². The van der Waals surface area contributed by atoms with Gasteiger partial charge in [0.1, 0.15) is 4.83 Å². The van der Waals surface area contributed by atoms with Gasteiger partial charge in [-0.15, -0.1) is 11.3 Å². The zero-order valence-electron chi connectivity index (χ0n) is 15.2. The van der Waals surface area contributed by atoms with Gasteiger partial charge in [-0.05, 0) is 51.5 Å². The Labute approximate surface area is 156 Å². The van der Waals surface area contributed by atoms with E-state index < -0.39 is 0 Å². The molecule has 25 heavy (non-hydrogen) atoms. The van der Waals surface area contributed by atoms with Crippen molar-refractivity contribution in [2.24, 2.45) is 5.92 Å². The standard InChI is InChI=1S/C18H25N3O2S2/c1-5-21-17(23)15-12-7-6-11(4)8-13(12)25-16(15)20-18(21)24-9-14(22)19-10(2)3/h10-11H,5-9H2,1-4H3,(H,19,22)/t11-/m1/s1. The molecular weight excluding hydrogens is 354 g/mol. The molecule has 2 aromatic rings. The van der Waals surface area contributed by atoms with E-state index in [9.17, 15) is 9.59 Å². The van der Waals surface area contributed by atoms with Crippen LogP contribution in [0.4, 0.5) is 0 Å².